The van der Waals surface area contributed by atoms with E-state index in [4.69, 9.17) is 0 Å². The summed E-state index contributed by atoms with van der Waals surface area (Å²) in [4.78, 5) is 33.7. The van der Waals surface area contributed by atoms with Crippen LogP contribution in [0.25, 0.3) is 0 Å². The molecule has 0 aliphatic carbocycles. The molecule has 2 atom stereocenters. The van der Waals surface area contributed by atoms with Gasteiger partial charge in [0.1, 0.15) is 0 Å². The van der Waals surface area contributed by atoms with Gasteiger partial charge in [-0.1, -0.05) is 6.92 Å². The summed E-state index contributed by atoms with van der Waals surface area (Å²) in [5, 5.41) is 3.35. The molecule has 2 fully saturated rings. The van der Waals surface area contributed by atoms with Crippen LogP contribution in [0.2, 0.25) is 0 Å². The minimum absolute atomic E-state index is 0. The van der Waals surface area contributed by atoms with Gasteiger partial charge >= 0.3 is 0 Å². The summed E-state index contributed by atoms with van der Waals surface area (Å²) in [6.07, 6.45) is 7.02. The van der Waals surface area contributed by atoms with Gasteiger partial charge in [0.2, 0.25) is 5.91 Å². The predicted octanol–water partition coefficient (Wildman–Crippen LogP) is 2.38. The van der Waals surface area contributed by atoms with Gasteiger partial charge in [-0.3, -0.25) is 14.6 Å². The normalized spacial score (nSPS) is 21.7. The van der Waals surface area contributed by atoms with Crippen LogP contribution in [0.5, 0.6) is 0 Å². The van der Waals surface area contributed by atoms with Crippen LogP contribution in [-0.4, -0.2) is 65.4 Å². The van der Waals surface area contributed by atoms with Crippen molar-refractivity contribution in [2.45, 2.75) is 38.6 Å². The van der Waals surface area contributed by atoms with Crippen molar-refractivity contribution in [3.63, 3.8) is 0 Å². The van der Waals surface area contributed by atoms with Gasteiger partial charge in [0.05, 0.1) is 5.92 Å². The van der Waals surface area contributed by atoms with Crippen molar-refractivity contribution in [3.05, 3.63) is 30.1 Å². The monoisotopic (exact) mass is 416 g/mol. The standard InChI is InChI=1S/C19H28N4O2.2ClH/c1-2-11-23(17-7-10-21-13-17)19(25)16-4-3-12-22(14-16)18(24)15-5-8-20-9-6-15;;/h5-6,8-9,16-17,21H,2-4,7,10-14H2,1H3;2*1H. The molecule has 0 bridgehead atoms. The van der Waals surface area contributed by atoms with E-state index in [1.807, 2.05) is 4.90 Å². The van der Waals surface area contributed by atoms with E-state index in [2.05, 4.69) is 22.1 Å². The Morgan fingerprint density at radius 1 is 1.26 bits per heavy atom. The van der Waals surface area contributed by atoms with Crippen LogP contribution < -0.4 is 5.32 Å². The van der Waals surface area contributed by atoms with Crippen molar-refractivity contribution in [3.8, 4) is 0 Å². The van der Waals surface area contributed by atoms with E-state index in [0.29, 0.717) is 18.2 Å². The molecule has 3 rings (SSSR count). The van der Waals surface area contributed by atoms with Gasteiger partial charge in [-0.15, -0.1) is 24.8 Å². The molecule has 2 unspecified atom stereocenters. The minimum atomic E-state index is -0.0771. The summed E-state index contributed by atoms with van der Waals surface area (Å²) in [5.74, 6) is 0.152. The first kappa shape index (κ1) is 23.7. The Balaban J connectivity index is 0.00000182. The Labute approximate surface area is 173 Å². The largest absolute Gasteiger partial charge is 0.338 e. The number of hydrogen-bond acceptors (Lipinski definition) is 4. The average molecular weight is 417 g/mol. The fourth-order valence-electron chi connectivity index (χ4n) is 3.89. The molecule has 2 amide bonds. The van der Waals surface area contributed by atoms with E-state index in [0.717, 1.165) is 51.9 Å². The number of carbonyl (C=O) groups is 2. The molecule has 2 aliphatic rings. The van der Waals surface area contributed by atoms with E-state index in [1.54, 1.807) is 24.5 Å². The molecule has 152 valence electrons. The van der Waals surface area contributed by atoms with E-state index in [9.17, 15) is 9.59 Å². The lowest BCUT2D eigenvalue weighted by molar-refractivity contribution is -0.139. The van der Waals surface area contributed by atoms with Gasteiger partial charge in [0.15, 0.2) is 0 Å². The van der Waals surface area contributed by atoms with Gasteiger partial charge in [0.25, 0.3) is 5.91 Å². The van der Waals surface area contributed by atoms with E-state index >= 15 is 0 Å². The lowest BCUT2D eigenvalue weighted by atomic mass is 9.95. The molecular formula is C19H30Cl2N4O2. The number of likely N-dealkylation sites (tertiary alicyclic amines) is 1. The highest BCUT2D eigenvalue weighted by molar-refractivity contribution is 5.94. The van der Waals surface area contributed by atoms with Gasteiger partial charge in [-0.2, -0.15) is 0 Å². The molecule has 2 saturated heterocycles. The van der Waals surface area contributed by atoms with Gasteiger partial charge in [0, 0.05) is 50.2 Å². The highest BCUT2D eigenvalue weighted by Crippen LogP contribution is 2.23. The summed E-state index contributed by atoms with van der Waals surface area (Å²) in [6.45, 7) is 6.04. The maximum absolute atomic E-state index is 13.1. The molecule has 0 spiro atoms. The van der Waals surface area contributed by atoms with Crippen molar-refractivity contribution in [2.75, 3.05) is 32.7 Å². The number of aromatic nitrogens is 1. The van der Waals surface area contributed by atoms with E-state index < -0.39 is 0 Å². The molecule has 0 saturated carbocycles. The Morgan fingerprint density at radius 3 is 2.63 bits per heavy atom. The highest BCUT2D eigenvalue weighted by Gasteiger charge is 2.34. The quantitative estimate of drug-likeness (QED) is 0.799. The Hall–Kier alpha value is -1.37. The molecule has 8 heteroatoms. The molecule has 2 aliphatic heterocycles. The minimum Gasteiger partial charge on any atom is -0.338 e. The van der Waals surface area contributed by atoms with Crippen LogP contribution in [0.1, 0.15) is 43.0 Å². The Bertz CT molecular complexity index is 597. The molecule has 3 heterocycles. The number of piperidine rings is 1. The number of hydrogen-bond donors (Lipinski definition) is 1. The first-order valence-corrected chi connectivity index (χ1v) is 9.41. The van der Waals surface area contributed by atoms with E-state index in [-0.39, 0.29) is 42.5 Å². The van der Waals surface area contributed by atoms with Crippen LogP contribution in [0.3, 0.4) is 0 Å². The van der Waals surface area contributed by atoms with Crippen LogP contribution >= 0.6 is 24.8 Å². The molecule has 27 heavy (non-hydrogen) atoms. The zero-order valence-electron chi connectivity index (χ0n) is 15.8. The summed E-state index contributed by atoms with van der Waals surface area (Å²) in [7, 11) is 0. The second kappa shape index (κ2) is 11.5. The molecule has 0 aromatic carbocycles. The zero-order valence-corrected chi connectivity index (χ0v) is 17.4. The lowest BCUT2D eigenvalue weighted by Gasteiger charge is -2.37. The number of amides is 2. The molecular weight excluding hydrogens is 387 g/mol. The number of rotatable bonds is 5. The Morgan fingerprint density at radius 2 is 2.00 bits per heavy atom. The summed E-state index contributed by atoms with van der Waals surface area (Å²) in [5.41, 5.74) is 0.647. The fourth-order valence-corrected chi connectivity index (χ4v) is 3.89. The second-order valence-electron chi connectivity index (χ2n) is 7.00. The fraction of sp³-hybridized carbons (Fsp3) is 0.632. The third-order valence-electron chi connectivity index (χ3n) is 5.21. The van der Waals surface area contributed by atoms with Crippen LogP contribution in [-0.2, 0) is 4.79 Å². The SMILES string of the molecule is CCCN(C(=O)C1CCCN(C(=O)c2ccncc2)C1)C1CCNC1.Cl.Cl. The Kier molecular flexibility index (Phi) is 10.1. The van der Waals surface area contributed by atoms with Crippen molar-refractivity contribution in [1.82, 2.24) is 20.1 Å². The van der Waals surface area contributed by atoms with Gasteiger partial charge in [-0.05, 0) is 44.4 Å². The first-order chi connectivity index (χ1) is 12.2. The zero-order chi connectivity index (χ0) is 17.6. The highest BCUT2D eigenvalue weighted by atomic mass is 35.5. The maximum Gasteiger partial charge on any atom is 0.253 e. The maximum atomic E-state index is 13.1. The molecule has 1 aromatic heterocycles. The topological polar surface area (TPSA) is 65.5 Å². The number of halogens is 2. The van der Waals surface area contributed by atoms with Crippen LogP contribution in [0.4, 0.5) is 0 Å². The molecule has 1 aromatic rings. The predicted molar refractivity (Wildman–Crippen MR) is 111 cm³/mol. The summed E-state index contributed by atoms with van der Waals surface area (Å²) < 4.78 is 0. The van der Waals surface area contributed by atoms with Crippen LogP contribution in [0.15, 0.2) is 24.5 Å². The smallest absolute Gasteiger partial charge is 0.253 e. The van der Waals surface area contributed by atoms with Crippen molar-refractivity contribution in [2.24, 2.45) is 5.92 Å². The number of nitrogens with one attached hydrogen (secondary N) is 1. The average Bonchev–Trinajstić information content (AvgIpc) is 3.20. The third-order valence-corrected chi connectivity index (χ3v) is 5.21. The van der Waals surface area contributed by atoms with Crippen molar-refractivity contribution >= 4 is 36.6 Å². The third kappa shape index (κ3) is 5.80. The van der Waals surface area contributed by atoms with Gasteiger partial charge in [-0.25, -0.2) is 0 Å². The molecule has 0 radical (unpaired) electrons. The molecule has 1 N–H and O–H groups in total. The van der Waals surface area contributed by atoms with Gasteiger partial charge < -0.3 is 15.1 Å². The van der Waals surface area contributed by atoms with Crippen molar-refractivity contribution < 1.29 is 9.59 Å². The van der Waals surface area contributed by atoms with Crippen LogP contribution in [0, 0.1) is 5.92 Å². The van der Waals surface area contributed by atoms with Crippen molar-refractivity contribution in [1.29, 1.82) is 0 Å². The second-order valence-corrected chi connectivity index (χ2v) is 7.00. The molecule has 6 nitrogen and oxygen atoms in total. The number of carbonyl (C=O) groups excluding carboxylic acids is 2. The number of nitrogens with zero attached hydrogens (tertiary/aromatic N) is 3. The lowest BCUT2D eigenvalue weighted by Crippen LogP contribution is -2.50. The first-order valence-electron chi connectivity index (χ1n) is 9.41. The summed E-state index contributed by atoms with van der Waals surface area (Å²) in [6, 6.07) is 3.78. The summed E-state index contributed by atoms with van der Waals surface area (Å²) >= 11 is 0. The van der Waals surface area contributed by atoms with E-state index in [1.165, 1.54) is 0 Å². The number of pyridine rings is 1.